The van der Waals surface area contributed by atoms with Gasteiger partial charge in [0.25, 0.3) is 5.91 Å². The van der Waals surface area contributed by atoms with Gasteiger partial charge >= 0.3 is 6.18 Å². The van der Waals surface area contributed by atoms with E-state index >= 15 is 0 Å². The molecule has 0 unspecified atom stereocenters. The molecule has 0 heterocycles. The number of amides is 1. The molecule has 0 aliphatic rings. The van der Waals surface area contributed by atoms with Crippen molar-refractivity contribution in [3.63, 3.8) is 0 Å². The van der Waals surface area contributed by atoms with Gasteiger partial charge in [0.15, 0.2) is 12.4 Å². The number of benzene rings is 3. The number of carbonyl (C=O) groups excluding carboxylic acids is 2. The van der Waals surface area contributed by atoms with Crippen LogP contribution in [0.5, 0.6) is 5.75 Å². The lowest BCUT2D eigenvalue weighted by Gasteiger charge is -2.13. The predicted octanol–water partition coefficient (Wildman–Crippen LogP) is 6.49. The number of hydrogen-bond acceptors (Lipinski definition) is 4. The normalized spacial score (nSPS) is 11.4. The molecule has 11 heteroatoms. The van der Waals surface area contributed by atoms with Crippen LogP contribution in [0.15, 0.2) is 54.6 Å². The fraction of sp³-hybridized carbons (Fsp3) is 0.185. The molecular formula is C27H20Cl2F4N2O3. The van der Waals surface area contributed by atoms with Gasteiger partial charge in [0.1, 0.15) is 11.6 Å². The van der Waals surface area contributed by atoms with E-state index in [1.807, 2.05) is 0 Å². The lowest BCUT2D eigenvalue weighted by Crippen LogP contribution is -2.29. The predicted molar refractivity (Wildman–Crippen MR) is 137 cm³/mol. The van der Waals surface area contributed by atoms with Gasteiger partial charge < -0.3 is 15.8 Å². The third kappa shape index (κ3) is 7.96. The summed E-state index contributed by atoms with van der Waals surface area (Å²) in [7, 11) is 0. The Balaban J connectivity index is 1.77. The van der Waals surface area contributed by atoms with Crippen molar-refractivity contribution in [1.29, 1.82) is 0 Å². The van der Waals surface area contributed by atoms with Gasteiger partial charge in [-0.2, -0.15) is 13.2 Å². The average Bonchev–Trinajstić information content (AvgIpc) is 2.81. The highest BCUT2D eigenvalue weighted by Crippen LogP contribution is 2.32. The molecule has 0 aliphatic carbocycles. The Bertz CT molecular complexity index is 1460. The van der Waals surface area contributed by atoms with Crippen LogP contribution in [0, 0.1) is 17.7 Å². The van der Waals surface area contributed by atoms with Gasteiger partial charge in [0.05, 0.1) is 27.4 Å². The maximum Gasteiger partial charge on any atom is 0.416 e. The number of alkyl halides is 3. The van der Waals surface area contributed by atoms with Crippen LogP contribution >= 0.6 is 23.2 Å². The molecule has 3 rings (SSSR count). The Labute approximate surface area is 225 Å². The summed E-state index contributed by atoms with van der Waals surface area (Å²) in [5, 5.41) is 2.83. The molecule has 1 amide bonds. The SMILES string of the molecule is CC(C)(N)C#Cc1ccc(NC(=O)COc2ccc(Cl)cc2C(=O)c2cc(F)cc(C(F)(F)F)c2)c(Cl)c1. The number of ether oxygens (including phenoxy) is 1. The van der Waals surface area contributed by atoms with Gasteiger partial charge in [0, 0.05) is 16.1 Å². The molecule has 5 nitrogen and oxygen atoms in total. The van der Waals surface area contributed by atoms with Gasteiger partial charge in [-0.3, -0.25) is 9.59 Å². The van der Waals surface area contributed by atoms with Gasteiger partial charge in [-0.15, -0.1) is 0 Å². The topological polar surface area (TPSA) is 81.4 Å². The van der Waals surface area contributed by atoms with Crippen molar-refractivity contribution < 1.29 is 31.9 Å². The number of nitrogens with two attached hydrogens (primary N) is 1. The van der Waals surface area contributed by atoms with Crippen molar-refractivity contribution in [2.75, 3.05) is 11.9 Å². The quantitative estimate of drug-likeness (QED) is 0.203. The van der Waals surface area contributed by atoms with Crippen LogP contribution in [0.4, 0.5) is 23.2 Å². The molecule has 0 saturated carbocycles. The van der Waals surface area contributed by atoms with E-state index in [2.05, 4.69) is 17.2 Å². The van der Waals surface area contributed by atoms with Crippen LogP contribution in [-0.4, -0.2) is 23.8 Å². The highest BCUT2D eigenvalue weighted by molar-refractivity contribution is 6.33. The van der Waals surface area contributed by atoms with Crippen LogP contribution in [0.3, 0.4) is 0 Å². The Hall–Kier alpha value is -3.58. The van der Waals surface area contributed by atoms with Crippen molar-refractivity contribution in [2.45, 2.75) is 25.6 Å². The second-order valence-electron chi connectivity index (χ2n) is 8.70. The first-order valence-electron chi connectivity index (χ1n) is 10.9. The van der Waals surface area contributed by atoms with Crippen molar-refractivity contribution >= 4 is 40.6 Å². The second-order valence-corrected chi connectivity index (χ2v) is 9.54. The largest absolute Gasteiger partial charge is 0.483 e. The van der Waals surface area contributed by atoms with E-state index in [0.717, 1.165) is 6.07 Å². The third-order valence-corrected chi connectivity index (χ3v) is 5.35. The molecule has 0 bridgehead atoms. The monoisotopic (exact) mass is 566 g/mol. The Morgan fingerprint density at radius 3 is 2.37 bits per heavy atom. The van der Waals surface area contributed by atoms with Crippen LogP contribution in [0.2, 0.25) is 10.0 Å². The summed E-state index contributed by atoms with van der Waals surface area (Å²) in [5.74, 6) is 2.72. The zero-order valence-electron chi connectivity index (χ0n) is 20.0. The van der Waals surface area contributed by atoms with Crippen molar-refractivity contribution in [2.24, 2.45) is 5.73 Å². The lowest BCUT2D eigenvalue weighted by molar-refractivity contribution is -0.137. The molecule has 0 spiro atoms. The zero-order chi connectivity index (χ0) is 28.3. The Morgan fingerprint density at radius 1 is 1.03 bits per heavy atom. The standard InChI is InChI=1S/C27H20Cl2F4N2O3/c1-26(2,34)8-7-15-3-5-22(21(29)9-15)35-24(36)14-38-23-6-4-18(28)13-20(23)25(37)16-10-17(27(31,32)33)12-19(30)11-16/h3-6,9-13H,14,34H2,1-2H3,(H,35,36). The van der Waals surface area contributed by atoms with E-state index in [9.17, 15) is 27.2 Å². The van der Waals surface area contributed by atoms with Gasteiger partial charge in [-0.25, -0.2) is 4.39 Å². The maximum atomic E-state index is 13.8. The van der Waals surface area contributed by atoms with Crippen molar-refractivity contribution in [3.05, 3.63) is 92.7 Å². The van der Waals surface area contributed by atoms with E-state index in [0.29, 0.717) is 17.7 Å². The van der Waals surface area contributed by atoms with E-state index in [-0.39, 0.29) is 33.1 Å². The van der Waals surface area contributed by atoms with Crippen molar-refractivity contribution in [3.8, 4) is 17.6 Å². The van der Waals surface area contributed by atoms with Gasteiger partial charge in [0.2, 0.25) is 0 Å². The van der Waals surface area contributed by atoms with Gasteiger partial charge in [-0.1, -0.05) is 35.0 Å². The molecule has 38 heavy (non-hydrogen) atoms. The first-order chi connectivity index (χ1) is 17.6. The molecule has 0 atom stereocenters. The zero-order valence-corrected chi connectivity index (χ0v) is 21.5. The van der Waals surface area contributed by atoms with Crippen LogP contribution in [0.1, 0.15) is 40.9 Å². The molecule has 3 aromatic rings. The number of nitrogens with one attached hydrogen (secondary N) is 1. The summed E-state index contributed by atoms with van der Waals surface area (Å²) in [6.45, 7) is 2.90. The number of rotatable bonds is 6. The fourth-order valence-electron chi connectivity index (χ4n) is 3.10. The highest BCUT2D eigenvalue weighted by Gasteiger charge is 2.32. The average molecular weight is 567 g/mol. The lowest BCUT2D eigenvalue weighted by atomic mass is 10.00. The highest BCUT2D eigenvalue weighted by atomic mass is 35.5. The number of anilines is 1. The van der Waals surface area contributed by atoms with Gasteiger partial charge in [-0.05, 0) is 68.4 Å². The Morgan fingerprint density at radius 2 is 1.74 bits per heavy atom. The molecule has 0 aliphatic heterocycles. The summed E-state index contributed by atoms with van der Waals surface area (Å²) >= 11 is 12.2. The molecule has 3 aromatic carbocycles. The smallest absolute Gasteiger partial charge is 0.416 e. The van der Waals surface area contributed by atoms with E-state index in [1.54, 1.807) is 26.0 Å². The summed E-state index contributed by atoms with van der Waals surface area (Å²) in [4.78, 5) is 25.4. The maximum absolute atomic E-state index is 13.8. The minimum Gasteiger partial charge on any atom is -0.483 e. The molecule has 0 fully saturated rings. The summed E-state index contributed by atoms with van der Waals surface area (Å²) in [5.41, 5.74) is 3.83. The molecule has 0 saturated heterocycles. The van der Waals surface area contributed by atoms with E-state index in [4.69, 9.17) is 33.7 Å². The number of halogens is 6. The third-order valence-electron chi connectivity index (χ3n) is 4.80. The molecule has 0 radical (unpaired) electrons. The minimum absolute atomic E-state index is 0.0746. The van der Waals surface area contributed by atoms with E-state index in [1.165, 1.54) is 18.2 Å². The summed E-state index contributed by atoms with van der Waals surface area (Å²) < 4.78 is 58.6. The number of hydrogen-bond donors (Lipinski definition) is 2. The molecule has 198 valence electrons. The number of carbonyl (C=O) groups is 2. The molecule has 3 N–H and O–H groups in total. The number of ketones is 1. The fourth-order valence-corrected chi connectivity index (χ4v) is 3.50. The van der Waals surface area contributed by atoms with E-state index < -0.39 is 47.0 Å². The van der Waals surface area contributed by atoms with Crippen LogP contribution in [-0.2, 0) is 11.0 Å². The first-order valence-corrected chi connectivity index (χ1v) is 11.6. The Kier molecular flexibility index (Phi) is 8.72. The molecular weight excluding hydrogens is 547 g/mol. The van der Waals surface area contributed by atoms with Crippen molar-refractivity contribution in [1.82, 2.24) is 0 Å². The minimum atomic E-state index is -4.87. The van der Waals surface area contributed by atoms with Crippen LogP contribution < -0.4 is 15.8 Å². The molecule has 0 aromatic heterocycles. The summed E-state index contributed by atoms with van der Waals surface area (Å²) in [6, 6.07) is 9.95. The summed E-state index contributed by atoms with van der Waals surface area (Å²) in [6.07, 6.45) is -4.87. The second kappa shape index (κ2) is 11.4. The first kappa shape index (κ1) is 29.0. The van der Waals surface area contributed by atoms with Crippen LogP contribution in [0.25, 0.3) is 0 Å².